The van der Waals surface area contributed by atoms with Crippen LogP contribution in [0, 0.1) is 5.41 Å². The molecule has 1 N–H and O–H groups in total. The van der Waals surface area contributed by atoms with Gasteiger partial charge >= 0.3 is 5.97 Å². The minimum Gasteiger partial charge on any atom is -0.465 e. The molecule has 1 amide bonds. The molecule has 0 saturated heterocycles. The standard InChI is InChI=1S/C30H39N5O3/c1-3-5-14-27(36)35(22-30(17-10-11-18-30)29(37)38-19-6-4-2)21-23-15-16-25(24-12-8-7-9-13-24)26(20-23)28-31-33-34-32-28/h7-9,12-13,15-16,20H,3-6,10-11,14,17-19,21-22H2,1-2H3,(H,31,32,33,34). The number of hydrogen-bond donors (Lipinski definition) is 1. The highest BCUT2D eigenvalue weighted by Crippen LogP contribution is 2.41. The molecule has 1 saturated carbocycles. The number of tetrazole rings is 1. The van der Waals surface area contributed by atoms with Crippen molar-refractivity contribution < 1.29 is 14.3 Å². The largest absolute Gasteiger partial charge is 0.465 e. The number of aromatic amines is 1. The molecule has 0 spiro atoms. The highest BCUT2D eigenvalue weighted by Gasteiger charge is 2.44. The minimum absolute atomic E-state index is 0.0766. The van der Waals surface area contributed by atoms with E-state index in [9.17, 15) is 9.59 Å². The van der Waals surface area contributed by atoms with Crippen LogP contribution in [0.15, 0.2) is 48.5 Å². The maximum absolute atomic E-state index is 13.5. The van der Waals surface area contributed by atoms with Crippen molar-refractivity contribution in [3.63, 3.8) is 0 Å². The highest BCUT2D eigenvalue weighted by molar-refractivity contribution is 5.82. The van der Waals surface area contributed by atoms with Crippen molar-refractivity contribution in [3.05, 3.63) is 54.1 Å². The molecule has 8 nitrogen and oxygen atoms in total. The van der Waals surface area contributed by atoms with E-state index in [4.69, 9.17) is 4.74 Å². The number of rotatable bonds is 13. The predicted molar refractivity (Wildman–Crippen MR) is 147 cm³/mol. The van der Waals surface area contributed by atoms with Gasteiger partial charge in [-0.2, -0.15) is 5.21 Å². The summed E-state index contributed by atoms with van der Waals surface area (Å²) in [4.78, 5) is 28.6. The maximum Gasteiger partial charge on any atom is 0.313 e. The summed E-state index contributed by atoms with van der Waals surface area (Å²) in [6.07, 6.45) is 7.55. The molecule has 202 valence electrons. The Morgan fingerprint density at radius 2 is 1.76 bits per heavy atom. The second-order valence-corrected chi connectivity index (χ2v) is 10.3. The molecule has 0 radical (unpaired) electrons. The van der Waals surface area contributed by atoms with E-state index in [0.717, 1.165) is 73.6 Å². The third-order valence-corrected chi connectivity index (χ3v) is 7.44. The number of hydrogen-bond acceptors (Lipinski definition) is 6. The average Bonchev–Trinajstić information content (AvgIpc) is 3.65. The third-order valence-electron chi connectivity index (χ3n) is 7.44. The average molecular weight is 518 g/mol. The van der Waals surface area contributed by atoms with Gasteiger partial charge in [0.25, 0.3) is 0 Å². The monoisotopic (exact) mass is 517 g/mol. The number of esters is 1. The topological polar surface area (TPSA) is 101 Å². The lowest BCUT2D eigenvalue weighted by Crippen LogP contribution is -2.44. The van der Waals surface area contributed by atoms with Gasteiger partial charge in [-0.1, -0.05) is 82.0 Å². The van der Waals surface area contributed by atoms with Gasteiger partial charge in [0.05, 0.1) is 12.0 Å². The zero-order chi connectivity index (χ0) is 26.8. The maximum atomic E-state index is 13.5. The Morgan fingerprint density at radius 1 is 1.00 bits per heavy atom. The Bertz CT molecular complexity index is 1170. The fraction of sp³-hybridized carbons (Fsp3) is 0.500. The Labute approximate surface area is 225 Å². The van der Waals surface area contributed by atoms with Crippen molar-refractivity contribution >= 4 is 11.9 Å². The number of nitrogens with zero attached hydrogens (tertiary/aromatic N) is 4. The molecule has 4 rings (SSSR count). The first-order chi connectivity index (χ1) is 18.6. The summed E-state index contributed by atoms with van der Waals surface area (Å²) in [6.45, 7) is 5.40. The van der Waals surface area contributed by atoms with Crippen LogP contribution in [0.3, 0.4) is 0 Å². The van der Waals surface area contributed by atoms with E-state index in [1.165, 1.54) is 0 Å². The van der Waals surface area contributed by atoms with Crippen LogP contribution >= 0.6 is 0 Å². The number of aromatic nitrogens is 4. The summed E-state index contributed by atoms with van der Waals surface area (Å²) in [6, 6.07) is 16.2. The van der Waals surface area contributed by atoms with Crippen LogP contribution < -0.4 is 0 Å². The Balaban J connectivity index is 1.63. The van der Waals surface area contributed by atoms with Gasteiger partial charge in [-0.25, -0.2) is 0 Å². The molecule has 3 aromatic rings. The third kappa shape index (κ3) is 6.65. The molecule has 2 aromatic carbocycles. The van der Waals surface area contributed by atoms with Gasteiger partial charge < -0.3 is 9.64 Å². The molecule has 1 heterocycles. The fourth-order valence-electron chi connectivity index (χ4n) is 5.27. The van der Waals surface area contributed by atoms with Crippen LogP contribution in [0.25, 0.3) is 22.5 Å². The minimum atomic E-state index is -0.629. The van der Waals surface area contributed by atoms with E-state index >= 15 is 0 Å². The number of benzene rings is 2. The van der Waals surface area contributed by atoms with Crippen LogP contribution in [-0.4, -0.2) is 50.6 Å². The first-order valence-electron chi connectivity index (χ1n) is 13.9. The predicted octanol–water partition coefficient (Wildman–Crippen LogP) is 5.96. The summed E-state index contributed by atoms with van der Waals surface area (Å²) in [7, 11) is 0. The number of ether oxygens (including phenoxy) is 1. The van der Waals surface area contributed by atoms with Crippen LogP contribution in [-0.2, 0) is 20.9 Å². The zero-order valence-electron chi connectivity index (χ0n) is 22.6. The summed E-state index contributed by atoms with van der Waals surface area (Å²) >= 11 is 0. The molecule has 0 bridgehead atoms. The van der Waals surface area contributed by atoms with Gasteiger partial charge in [0, 0.05) is 25.1 Å². The van der Waals surface area contributed by atoms with Gasteiger partial charge in [0.15, 0.2) is 0 Å². The van der Waals surface area contributed by atoms with Gasteiger partial charge in [0.1, 0.15) is 0 Å². The smallest absolute Gasteiger partial charge is 0.313 e. The second-order valence-electron chi connectivity index (χ2n) is 10.3. The fourth-order valence-corrected chi connectivity index (χ4v) is 5.27. The lowest BCUT2D eigenvalue weighted by Gasteiger charge is -2.34. The van der Waals surface area contributed by atoms with Crippen molar-refractivity contribution in [2.24, 2.45) is 5.41 Å². The molecule has 1 fully saturated rings. The highest BCUT2D eigenvalue weighted by atomic mass is 16.5. The van der Waals surface area contributed by atoms with E-state index < -0.39 is 5.41 Å². The molecular weight excluding hydrogens is 478 g/mol. The number of H-pyrrole nitrogens is 1. The van der Waals surface area contributed by atoms with Crippen molar-refractivity contribution in [1.82, 2.24) is 25.5 Å². The molecule has 1 aliphatic carbocycles. The van der Waals surface area contributed by atoms with E-state index in [-0.39, 0.29) is 11.9 Å². The number of carbonyl (C=O) groups excluding carboxylic acids is 2. The Hall–Kier alpha value is -3.55. The van der Waals surface area contributed by atoms with Gasteiger partial charge in [-0.15, -0.1) is 10.2 Å². The van der Waals surface area contributed by atoms with Gasteiger partial charge in [-0.3, -0.25) is 9.59 Å². The molecule has 1 aliphatic rings. The Morgan fingerprint density at radius 3 is 2.45 bits per heavy atom. The van der Waals surface area contributed by atoms with E-state index in [0.29, 0.717) is 31.9 Å². The van der Waals surface area contributed by atoms with Crippen molar-refractivity contribution in [2.45, 2.75) is 78.2 Å². The SMILES string of the molecule is CCCCOC(=O)C1(CN(Cc2ccc(-c3ccccc3)c(-c3nn[nH]n3)c2)C(=O)CCCC)CCCC1. The normalized spacial score (nSPS) is 14.4. The summed E-state index contributed by atoms with van der Waals surface area (Å²) in [5, 5.41) is 14.8. The summed E-state index contributed by atoms with van der Waals surface area (Å²) in [5.41, 5.74) is 3.22. The quantitative estimate of drug-likeness (QED) is 0.222. The summed E-state index contributed by atoms with van der Waals surface area (Å²) in [5.74, 6) is 0.428. The van der Waals surface area contributed by atoms with E-state index in [2.05, 4.69) is 40.5 Å². The number of nitrogens with one attached hydrogen (secondary N) is 1. The van der Waals surface area contributed by atoms with Crippen LogP contribution in [0.5, 0.6) is 0 Å². The first-order valence-corrected chi connectivity index (χ1v) is 13.9. The molecule has 38 heavy (non-hydrogen) atoms. The molecule has 0 atom stereocenters. The van der Waals surface area contributed by atoms with Crippen LogP contribution in [0.2, 0.25) is 0 Å². The first kappa shape index (κ1) is 27.5. The molecule has 8 heteroatoms. The second kappa shape index (κ2) is 13.3. The lowest BCUT2D eigenvalue weighted by molar-refractivity contribution is -0.158. The molecule has 1 aromatic heterocycles. The van der Waals surface area contributed by atoms with Crippen molar-refractivity contribution in [3.8, 4) is 22.5 Å². The van der Waals surface area contributed by atoms with E-state index in [1.54, 1.807) is 0 Å². The molecule has 0 aliphatic heterocycles. The Kier molecular flexibility index (Phi) is 9.62. The summed E-state index contributed by atoms with van der Waals surface area (Å²) < 4.78 is 5.71. The zero-order valence-corrected chi connectivity index (χ0v) is 22.6. The van der Waals surface area contributed by atoms with Gasteiger partial charge in [-0.05, 0) is 53.7 Å². The number of unbranched alkanes of at least 4 members (excludes halogenated alkanes) is 2. The van der Waals surface area contributed by atoms with Crippen molar-refractivity contribution in [2.75, 3.05) is 13.2 Å². The number of amides is 1. The van der Waals surface area contributed by atoms with E-state index in [1.807, 2.05) is 47.4 Å². The van der Waals surface area contributed by atoms with Crippen LogP contribution in [0.1, 0.15) is 77.2 Å². The van der Waals surface area contributed by atoms with Crippen LogP contribution in [0.4, 0.5) is 0 Å². The molecule has 0 unspecified atom stereocenters. The van der Waals surface area contributed by atoms with Crippen molar-refractivity contribution in [1.29, 1.82) is 0 Å². The molecular formula is C30H39N5O3. The number of carbonyl (C=O) groups is 2. The lowest BCUT2D eigenvalue weighted by atomic mass is 9.85. The van der Waals surface area contributed by atoms with Gasteiger partial charge in [0.2, 0.25) is 11.7 Å².